The van der Waals surface area contributed by atoms with Crippen molar-refractivity contribution in [3.8, 4) is 16.9 Å². The number of ether oxygens (including phenoxy) is 2. The summed E-state index contributed by atoms with van der Waals surface area (Å²) in [6, 6.07) is 15.2. The second-order valence-corrected chi connectivity index (χ2v) is 6.10. The van der Waals surface area contributed by atoms with E-state index in [-0.39, 0.29) is 6.61 Å². The zero-order chi connectivity index (χ0) is 19.8. The van der Waals surface area contributed by atoms with E-state index in [0.29, 0.717) is 16.9 Å². The molecule has 2 aromatic rings. The first-order valence-corrected chi connectivity index (χ1v) is 8.44. The standard InChI is InChI=1S/C23H22O4/c1-16(2)22(24)26-15-5-6-18-7-9-19(10-8-18)20-11-13-21(14-12-20)27-23(25)17(3)4/h5-14H,1,3,15H2,2,4H3/b6-5+. The van der Waals surface area contributed by atoms with Crippen molar-refractivity contribution in [2.45, 2.75) is 13.8 Å². The Balaban J connectivity index is 1.96. The summed E-state index contributed by atoms with van der Waals surface area (Å²) in [5.41, 5.74) is 3.79. The second-order valence-electron chi connectivity index (χ2n) is 6.10. The van der Waals surface area contributed by atoms with Crippen LogP contribution in [0.3, 0.4) is 0 Å². The van der Waals surface area contributed by atoms with Crippen molar-refractivity contribution in [1.82, 2.24) is 0 Å². The summed E-state index contributed by atoms with van der Waals surface area (Å²) in [5.74, 6) is -0.351. The largest absolute Gasteiger partial charge is 0.458 e. The quantitative estimate of drug-likeness (QED) is 0.396. The van der Waals surface area contributed by atoms with Crippen molar-refractivity contribution in [3.05, 3.63) is 84.5 Å². The van der Waals surface area contributed by atoms with Crippen molar-refractivity contribution in [3.63, 3.8) is 0 Å². The van der Waals surface area contributed by atoms with Crippen LogP contribution in [0.2, 0.25) is 0 Å². The third kappa shape index (κ3) is 6.12. The normalized spacial score (nSPS) is 10.4. The highest BCUT2D eigenvalue weighted by Gasteiger charge is 2.05. The van der Waals surface area contributed by atoms with Crippen LogP contribution in [-0.2, 0) is 14.3 Å². The van der Waals surface area contributed by atoms with Gasteiger partial charge in [-0.3, -0.25) is 0 Å². The minimum absolute atomic E-state index is 0.206. The second kappa shape index (κ2) is 9.34. The molecule has 0 aliphatic carbocycles. The molecule has 0 fully saturated rings. The lowest BCUT2D eigenvalue weighted by atomic mass is 10.0. The van der Waals surface area contributed by atoms with E-state index in [2.05, 4.69) is 13.2 Å². The maximum absolute atomic E-state index is 11.5. The van der Waals surface area contributed by atoms with Crippen LogP contribution in [-0.4, -0.2) is 18.5 Å². The van der Waals surface area contributed by atoms with Gasteiger partial charge in [0.2, 0.25) is 0 Å². The summed E-state index contributed by atoms with van der Waals surface area (Å²) >= 11 is 0. The van der Waals surface area contributed by atoms with E-state index in [9.17, 15) is 9.59 Å². The fourth-order valence-electron chi connectivity index (χ4n) is 2.13. The minimum Gasteiger partial charge on any atom is -0.458 e. The summed E-state index contributed by atoms with van der Waals surface area (Å²) in [7, 11) is 0. The Hall–Kier alpha value is -3.40. The molecule has 0 saturated carbocycles. The Morgan fingerprint density at radius 1 is 0.852 bits per heavy atom. The fraction of sp³-hybridized carbons (Fsp3) is 0.130. The van der Waals surface area contributed by atoms with Crippen molar-refractivity contribution in [2.24, 2.45) is 0 Å². The molecule has 4 nitrogen and oxygen atoms in total. The molecule has 0 amide bonds. The summed E-state index contributed by atoms with van der Waals surface area (Å²) in [6.45, 7) is 10.5. The number of hydrogen-bond acceptors (Lipinski definition) is 4. The van der Waals surface area contributed by atoms with E-state index in [4.69, 9.17) is 9.47 Å². The van der Waals surface area contributed by atoms with E-state index in [0.717, 1.165) is 16.7 Å². The van der Waals surface area contributed by atoms with Crippen LogP contribution in [0.5, 0.6) is 5.75 Å². The maximum Gasteiger partial charge on any atom is 0.338 e. The number of rotatable bonds is 7. The van der Waals surface area contributed by atoms with Gasteiger partial charge in [-0.15, -0.1) is 0 Å². The van der Waals surface area contributed by atoms with Crippen LogP contribution in [0, 0.1) is 0 Å². The molecule has 0 saturated heterocycles. The molecule has 0 heterocycles. The highest BCUT2D eigenvalue weighted by atomic mass is 16.5. The van der Waals surface area contributed by atoms with E-state index in [1.165, 1.54) is 0 Å². The van der Waals surface area contributed by atoms with Crippen LogP contribution in [0.15, 0.2) is 78.9 Å². The average molecular weight is 362 g/mol. The van der Waals surface area contributed by atoms with Crippen LogP contribution in [0.4, 0.5) is 0 Å². The zero-order valence-corrected chi connectivity index (χ0v) is 15.5. The van der Waals surface area contributed by atoms with E-state index < -0.39 is 11.9 Å². The molecule has 0 aliphatic rings. The Bertz CT molecular complexity index is 872. The van der Waals surface area contributed by atoms with Crippen molar-refractivity contribution in [1.29, 1.82) is 0 Å². The van der Waals surface area contributed by atoms with E-state index in [1.54, 1.807) is 32.1 Å². The van der Waals surface area contributed by atoms with Gasteiger partial charge in [0.1, 0.15) is 12.4 Å². The third-order valence-electron chi connectivity index (χ3n) is 3.63. The topological polar surface area (TPSA) is 52.6 Å². The number of benzene rings is 2. The van der Waals surface area contributed by atoms with Crippen LogP contribution >= 0.6 is 0 Å². The van der Waals surface area contributed by atoms with Gasteiger partial charge in [0.05, 0.1) is 0 Å². The van der Waals surface area contributed by atoms with E-state index >= 15 is 0 Å². The van der Waals surface area contributed by atoms with E-state index in [1.807, 2.05) is 42.5 Å². The molecule has 0 radical (unpaired) electrons. The SMILES string of the molecule is C=C(C)C(=O)OC/C=C/c1ccc(-c2ccc(OC(=O)C(=C)C)cc2)cc1. The lowest BCUT2D eigenvalue weighted by Crippen LogP contribution is -2.07. The van der Waals surface area contributed by atoms with Gasteiger partial charge >= 0.3 is 11.9 Å². The molecule has 0 N–H and O–H groups in total. The summed E-state index contributed by atoms with van der Waals surface area (Å²) in [5, 5.41) is 0. The minimum atomic E-state index is -0.437. The Labute approximate surface area is 159 Å². The summed E-state index contributed by atoms with van der Waals surface area (Å²) in [4.78, 5) is 22.8. The third-order valence-corrected chi connectivity index (χ3v) is 3.63. The average Bonchev–Trinajstić information content (AvgIpc) is 2.66. The zero-order valence-electron chi connectivity index (χ0n) is 15.5. The Morgan fingerprint density at radius 2 is 1.37 bits per heavy atom. The highest BCUT2D eigenvalue weighted by Crippen LogP contribution is 2.23. The van der Waals surface area contributed by atoms with Crippen LogP contribution in [0.25, 0.3) is 17.2 Å². The molecule has 4 heteroatoms. The first-order valence-electron chi connectivity index (χ1n) is 8.44. The molecule has 0 aromatic heterocycles. The molecule has 27 heavy (non-hydrogen) atoms. The maximum atomic E-state index is 11.5. The smallest absolute Gasteiger partial charge is 0.338 e. The van der Waals surface area contributed by atoms with Gasteiger partial charge in [-0.25, -0.2) is 9.59 Å². The molecule has 138 valence electrons. The molecule has 0 aliphatic heterocycles. The molecule has 0 atom stereocenters. The van der Waals surface area contributed by atoms with Gasteiger partial charge in [-0.05, 0) is 48.7 Å². The monoisotopic (exact) mass is 362 g/mol. The molecule has 2 rings (SSSR count). The van der Waals surface area contributed by atoms with Crippen molar-refractivity contribution < 1.29 is 19.1 Å². The fourth-order valence-corrected chi connectivity index (χ4v) is 2.13. The lowest BCUT2D eigenvalue weighted by molar-refractivity contribution is -0.137. The summed E-state index contributed by atoms with van der Waals surface area (Å²) < 4.78 is 10.2. The number of hydrogen-bond donors (Lipinski definition) is 0. The van der Waals surface area contributed by atoms with Crippen molar-refractivity contribution >= 4 is 18.0 Å². The number of esters is 2. The molecular weight excluding hydrogens is 340 g/mol. The van der Waals surface area contributed by atoms with Crippen LogP contribution < -0.4 is 4.74 Å². The van der Waals surface area contributed by atoms with Gasteiger partial charge in [0, 0.05) is 11.1 Å². The lowest BCUT2D eigenvalue weighted by Gasteiger charge is -2.06. The molecule has 0 unspecified atom stereocenters. The predicted molar refractivity (Wildman–Crippen MR) is 107 cm³/mol. The molecule has 0 spiro atoms. The number of carbonyl (C=O) groups is 2. The van der Waals surface area contributed by atoms with Gasteiger partial charge in [-0.2, -0.15) is 0 Å². The predicted octanol–water partition coefficient (Wildman–Crippen LogP) is 4.97. The summed E-state index contributed by atoms with van der Waals surface area (Å²) in [6.07, 6.45) is 3.66. The van der Waals surface area contributed by atoms with Gasteiger partial charge < -0.3 is 9.47 Å². The first-order chi connectivity index (χ1) is 12.9. The Morgan fingerprint density at radius 3 is 1.89 bits per heavy atom. The van der Waals surface area contributed by atoms with Gasteiger partial charge in [0.25, 0.3) is 0 Å². The van der Waals surface area contributed by atoms with Gasteiger partial charge in [0.15, 0.2) is 0 Å². The van der Waals surface area contributed by atoms with Crippen LogP contribution in [0.1, 0.15) is 19.4 Å². The highest BCUT2D eigenvalue weighted by molar-refractivity contribution is 5.89. The first kappa shape index (κ1) is 19.9. The Kier molecular flexibility index (Phi) is 6.89. The molecular formula is C23H22O4. The molecule has 2 aromatic carbocycles. The van der Waals surface area contributed by atoms with Gasteiger partial charge in [-0.1, -0.05) is 55.6 Å². The van der Waals surface area contributed by atoms with Crippen molar-refractivity contribution in [2.75, 3.05) is 6.61 Å². The number of carbonyl (C=O) groups excluding carboxylic acids is 2. The molecule has 0 bridgehead atoms.